The van der Waals surface area contributed by atoms with Crippen LogP contribution in [-0.2, 0) is 0 Å². The number of aromatic nitrogens is 3. The molecule has 6 heteroatoms. The van der Waals surface area contributed by atoms with Crippen molar-refractivity contribution in [3.63, 3.8) is 0 Å². The quantitative estimate of drug-likeness (QED) is 0.570. The molecule has 0 saturated carbocycles. The number of hydrogen-bond acceptors (Lipinski definition) is 3. The van der Waals surface area contributed by atoms with Crippen molar-refractivity contribution in [3.05, 3.63) is 12.4 Å². The summed E-state index contributed by atoms with van der Waals surface area (Å²) < 4.78 is 1.50. The van der Waals surface area contributed by atoms with Gasteiger partial charge >= 0.3 is 6.03 Å². The summed E-state index contributed by atoms with van der Waals surface area (Å²) in [6, 6.07) is -0.313. The Morgan fingerprint density at radius 3 is 3.17 bits per heavy atom. The molecule has 1 aliphatic heterocycles. The first-order chi connectivity index (χ1) is 5.86. The zero-order chi connectivity index (χ0) is 8.39. The number of carbonyl (C=O) groups excluding carboxylic acids is 1. The predicted molar refractivity (Wildman–Crippen MR) is 40.9 cm³/mol. The Hall–Kier alpha value is -1.72. The van der Waals surface area contributed by atoms with Crippen LogP contribution in [0.1, 0.15) is 6.42 Å². The van der Waals surface area contributed by atoms with Crippen LogP contribution in [0, 0.1) is 0 Å². The highest BCUT2D eigenvalue weighted by Crippen LogP contribution is 1.96. The molecule has 2 heterocycles. The summed E-state index contributed by atoms with van der Waals surface area (Å²) in [5.41, 5.74) is 0. The fourth-order valence-electron chi connectivity index (χ4n) is 1.01. The highest BCUT2D eigenvalue weighted by molar-refractivity contribution is 5.96. The molecule has 0 spiro atoms. The Labute approximate surface area is 68.3 Å². The van der Waals surface area contributed by atoms with Gasteiger partial charge in [-0.05, 0) is 0 Å². The molecular formula is C6H7N5O. The summed E-state index contributed by atoms with van der Waals surface area (Å²) in [6.45, 7) is 0.609. The Bertz CT molecular complexity index is 315. The molecule has 0 fully saturated rings. The van der Waals surface area contributed by atoms with Gasteiger partial charge in [0.25, 0.3) is 0 Å². The van der Waals surface area contributed by atoms with E-state index in [0.29, 0.717) is 18.8 Å². The lowest BCUT2D eigenvalue weighted by Gasteiger charge is -2.10. The van der Waals surface area contributed by atoms with Gasteiger partial charge in [-0.3, -0.25) is 0 Å². The monoisotopic (exact) mass is 165 g/mol. The molecule has 0 unspecified atom stereocenters. The molecule has 6 nitrogen and oxygen atoms in total. The number of amides is 2. The van der Waals surface area contributed by atoms with Crippen LogP contribution in [0.4, 0.5) is 4.79 Å². The first-order valence-electron chi connectivity index (χ1n) is 3.58. The molecule has 2 amide bonds. The van der Waals surface area contributed by atoms with Crippen LogP contribution in [0.25, 0.3) is 0 Å². The second-order valence-corrected chi connectivity index (χ2v) is 2.36. The van der Waals surface area contributed by atoms with E-state index in [0.717, 1.165) is 0 Å². The smallest absolute Gasteiger partial charge is 0.336 e. The molecule has 0 aliphatic carbocycles. The van der Waals surface area contributed by atoms with E-state index in [-0.39, 0.29) is 6.03 Å². The first-order valence-corrected chi connectivity index (χ1v) is 3.58. The van der Waals surface area contributed by atoms with Crippen LogP contribution in [0.15, 0.2) is 17.4 Å². The maximum absolute atomic E-state index is 10.8. The van der Waals surface area contributed by atoms with Gasteiger partial charge in [-0.15, -0.1) is 5.10 Å². The molecule has 1 N–H and O–H groups in total. The van der Waals surface area contributed by atoms with Gasteiger partial charge in [0.2, 0.25) is 0 Å². The largest absolute Gasteiger partial charge is 0.342 e. The van der Waals surface area contributed by atoms with Crippen LogP contribution in [0.5, 0.6) is 0 Å². The molecule has 2 rings (SSSR count). The molecular weight excluding hydrogens is 158 g/mol. The Morgan fingerprint density at radius 2 is 2.50 bits per heavy atom. The van der Waals surface area contributed by atoms with Gasteiger partial charge in [0.05, 0.1) is 12.4 Å². The lowest BCUT2D eigenvalue weighted by atomic mass is 10.3. The van der Waals surface area contributed by atoms with Crippen molar-refractivity contribution in [3.8, 4) is 0 Å². The fraction of sp³-hybridized carbons (Fsp3) is 0.333. The van der Waals surface area contributed by atoms with Crippen LogP contribution in [-0.4, -0.2) is 33.4 Å². The number of nitrogens with one attached hydrogen (secondary N) is 1. The minimum Gasteiger partial charge on any atom is -0.336 e. The summed E-state index contributed by atoms with van der Waals surface area (Å²) in [6.07, 6.45) is 3.90. The highest BCUT2D eigenvalue weighted by atomic mass is 16.2. The average Bonchev–Trinajstić information content (AvgIpc) is 2.56. The SMILES string of the molecule is O=C1N=C(n2ccnn2)CCN1. The third-order valence-electron chi connectivity index (χ3n) is 1.54. The highest BCUT2D eigenvalue weighted by Gasteiger charge is 2.11. The van der Waals surface area contributed by atoms with Crippen molar-refractivity contribution in [1.82, 2.24) is 20.3 Å². The summed E-state index contributed by atoms with van der Waals surface area (Å²) >= 11 is 0. The van der Waals surface area contributed by atoms with Gasteiger partial charge in [-0.25, -0.2) is 9.48 Å². The van der Waals surface area contributed by atoms with Crippen molar-refractivity contribution in [2.24, 2.45) is 4.99 Å². The normalized spacial score (nSPS) is 17.0. The molecule has 0 bridgehead atoms. The van der Waals surface area contributed by atoms with E-state index in [1.54, 1.807) is 12.4 Å². The number of aliphatic imine (C=N–C) groups is 1. The Balaban J connectivity index is 2.29. The van der Waals surface area contributed by atoms with Crippen LogP contribution in [0.2, 0.25) is 0 Å². The minimum absolute atomic E-state index is 0.313. The van der Waals surface area contributed by atoms with E-state index in [2.05, 4.69) is 20.6 Å². The maximum atomic E-state index is 10.8. The molecule has 0 saturated heterocycles. The van der Waals surface area contributed by atoms with Crippen LogP contribution < -0.4 is 5.32 Å². The molecule has 62 valence electrons. The van der Waals surface area contributed by atoms with Crippen molar-refractivity contribution >= 4 is 11.9 Å². The van der Waals surface area contributed by atoms with E-state index in [1.165, 1.54) is 4.68 Å². The van der Waals surface area contributed by atoms with Crippen molar-refractivity contribution < 1.29 is 4.79 Å². The van der Waals surface area contributed by atoms with Gasteiger partial charge in [-0.2, -0.15) is 4.99 Å². The average molecular weight is 165 g/mol. The first kappa shape index (κ1) is 6.96. The number of carbonyl (C=O) groups is 1. The predicted octanol–water partition coefficient (Wildman–Crippen LogP) is -0.362. The maximum Gasteiger partial charge on any atom is 0.342 e. The van der Waals surface area contributed by atoms with E-state index >= 15 is 0 Å². The van der Waals surface area contributed by atoms with Gasteiger partial charge in [-0.1, -0.05) is 5.21 Å². The second kappa shape index (κ2) is 2.72. The second-order valence-electron chi connectivity index (χ2n) is 2.36. The molecule has 0 aromatic carbocycles. The van der Waals surface area contributed by atoms with Crippen LogP contribution in [0.3, 0.4) is 0 Å². The molecule has 0 atom stereocenters. The van der Waals surface area contributed by atoms with Crippen molar-refractivity contribution in [2.45, 2.75) is 6.42 Å². The van der Waals surface area contributed by atoms with Gasteiger partial charge in [0.15, 0.2) is 0 Å². The van der Waals surface area contributed by atoms with Gasteiger partial charge in [0, 0.05) is 13.0 Å². The van der Waals surface area contributed by atoms with E-state index in [9.17, 15) is 4.79 Å². The third kappa shape index (κ3) is 1.18. The van der Waals surface area contributed by atoms with Gasteiger partial charge < -0.3 is 5.32 Å². The number of urea groups is 1. The lowest BCUT2D eigenvalue weighted by molar-refractivity contribution is 0.248. The molecule has 0 radical (unpaired) electrons. The number of rotatable bonds is 0. The fourth-order valence-corrected chi connectivity index (χ4v) is 1.01. The summed E-state index contributed by atoms with van der Waals surface area (Å²) in [5, 5.41) is 9.94. The molecule has 1 aromatic rings. The molecule has 1 aromatic heterocycles. The molecule has 1 aliphatic rings. The third-order valence-corrected chi connectivity index (χ3v) is 1.54. The number of hydrogen-bond donors (Lipinski definition) is 1. The summed E-state index contributed by atoms with van der Waals surface area (Å²) in [5.74, 6) is 0.635. The van der Waals surface area contributed by atoms with Crippen molar-refractivity contribution in [2.75, 3.05) is 6.54 Å². The van der Waals surface area contributed by atoms with E-state index in [1.807, 2.05) is 0 Å². The molecule has 12 heavy (non-hydrogen) atoms. The summed E-state index contributed by atoms with van der Waals surface area (Å²) in [7, 11) is 0. The zero-order valence-electron chi connectivity index (χ0n) is 6.27. The van der Waals surface area contributed by atoms with Crippen LogP contribution >= 0.6 is 0 Å². The topological polar surface area (TPSA) is 72.2 Å². The summed E-state index contributed by atoms with van der Waals surface area (Å²) in [4.78, 5) is 14.6. The van der Waals surface area contributed by atoms with Gasteiger partial charge in [0.1, 0.15) is 5.84 Å². The van der Waals surface area contributed by atoms with Crippen molar-refractivity contribution in [1.29, 1.82) is 0 Å². The van der Waals surface area contributed by atoms with E-state index < -0.39 is 0 Å². The standard InChI is InChI=1S/C6H7N5O/c12-6-7-2-1-5(9-6)11-4-3-8-10-11/h3-4H,1-2H2,(H,7,12). The van der Waals surface area contributed by atoms with E-state index in [4.69, 9.17) is 0 Å². The minimum atomic E-state index is -0.313. The Kier molecular flexibility index (Phi) is 1.58. The zero-order valence-corrected chi connectivity index (χ0v) is 6.27. The Morgan fingerprint density at radius 1 is 1.58 bits per heavy atom. The number of nitrogens with zero attached hydrogens (tertiary/aromatic N) is 4. The lowest BCUT2D eigenvalue weighted by Crippen LogP contribution is -2.32.